The van der Waals surface area contributed by atoms with E-state index in [-0.39, 0.29) is 5.91 Å². The molecule has 1 N–H and O–H groups in total. The zero-order valence-electron chi connectivity index (χ0n) is 13.6. The molecule has 1 amide bonds. The zero-order chi connectivity index (χ0) is 16.5. The normalized spacial score (nSPS) is 13.8. The minimum Gasteiger partial charge on any atom is -0.336 e. The first-order valence-electron chi connectivity index (χ1n) is 8.07. The van der Waals surface area contributed by atoms with Crippen molar-refractivity contribution in [2.75, 3.05) is 6.54 Å². The van der Waals surface area contributed by atoms with E-state index >= 15 is 0 Å². The highest BCUT2D eigenvalue weighted by molar-refractivity contribution is 5.77. The van der Waals surface area contributed by atoms with E-state index in [0.717, 1.165) is 35.5 Å². The largest absolute Gasteiger partial charge is 0.336 e. The van der Waals surface area contributed by atoms with Crippen molar-refractivity contribution in [1.29, 1.82) is 0 Å². The number of nitrogens with zero attached hydrogens (tertiary/aromatic N) is 4. The molecule has 24 heavy (non-hydrogen) atoms. The molecule has 0 saturated carbocycles. The highest BCUT2D eigenvalue weighted by atomic mass is 16.2. The lowest BCUT2D eigenvalue weighted by atomic mass is 10.0. The topological polar surface area (TPSA) is 66.8 Å². The van der Waals surface area contributed by atoms with E-state index in [2.05, 4.69) is 46.4 Å². The Morgan fingerprint density at radius 3 is 2.88 bits per heavy atom. The first-order valence-corrected chi connectivity index (χ1v) is 8.07. The van der Waals surface area contributed by atoms with Gasteiger partial charge in [0, 0.05) is 48.7 Å². The Labute approximate surface area is 140 Å². The van der Waals surface area contributed by atoms with Gasteiger partial charge in [-0.1, -0.05) is 29.8 Å². The lowest BCUT2D eigenvalue weighted by Gasteiger charge is -2.27. The van der Waals surface area contributed by atoms with Crippen LogP contribution in [0, 0.1) is 6.92 Å². The molecule has 0 atom stereocenters. The second kappa shape index (κ2) is 5.96. The first kappa shape index (κ1) is 14.7. The number of aromatic nitrogens is 4. The lowest BCUT2D eigenvalue weighted by Crippen LogP contribution is -2.37. The van der Waals surface area contributed by atoms with E-state index in [1.165, 1.54) is 5.56 Å². The van der Waals surface area contributed by atoms with Gasteiger partial charge in [0.25, 0.3) is 0 Å². The molecule has 0 saturated heterocycles. The van der Waals surface area contributed by atoms with Crippen LogP contribution in [-0.4, -0.2) is 37.1 Å². The molecule has 3 heterocycles. The van der Waals surface area contributed by atoms with Crippen molar-refractivity contribution < 1.29 is 4.79 Å². The highest BCUT2D eigenvalue weighted by Gasteiger charge is 2.25. The van der Waals surface area contributed by atoms with Gasteiger partial charge in [-0.05, 0) is 6.92 Å². The smallest absolute Gasteiger partial charge is 0.242 e. The molecular weight excluding hydrogens is 302 g/mol. The van der Waals surface area contributed by atoms with Gasteiger partial charge in [0.15, 0.2) is 0 Å². The van der Waals surface area contributed by atoms with Crippen LogP contribution in [0.3, 0.4) is 0 Å². The summed E-state index contributed by atoms with van der Waals surface area (Å²) in [6.07, 6.45) is 5.97. The van der Waals surface area contributed by atoms with Crippen molar-refractivity contribution in [2.45, 2.75) is 26.4 Å². The Morgan fingerprint density at radius 2 is 2.12 bits per heavy atom. The van der Waals surface area contributed by atoms with E-state index < -0.39 is 0 Å². The van der Waals surface area contributed by atoms with Gasteiger partial charge in [0.2, 0.25) is 5.91 Å². The second-order valence-corrected chi connectivity index (χ2v) is 6.20. The summed E-state index contributed by atoms with van der Waals surface area (Å²) in [5.74, 6) is 0.106. The number of hydrogen-bond acceptors (Lipinski definition) is 3. The predicted molar refractivity (Wildman–Crippen MR) is 90.1 cm³/mol. The molecule has 6 heteroatoms. The fraction of sp³-hybridized carbons (Fsp3) is 0.278. The number of carbonyl (C=O) groups excluding carboxylic acids is 1. The molecule has 0 fully saturated rings. The van der Waals surface area contributed by atoms with Crippen molar-refractivity contribution in [3.63, 3.8) is 0 Å². The quantitative estimate of drug-likeness (QED) is 0.804. The molecule has 2 aromatic heterocycles. The van der Waals surface area contributed by atoms with Crippen LogP contribution >= 0.6 is 0 Å². The maximum Gasteiger partial charge on any atom is 0.242 e. The van der Waals surface area contributed by atoms with Crippen molar-refractivity contribution in [1.82, 2.24) is 24.6 Å². The minimum absolute atomic E-state index is 0.106. The lowest BCUT2D eigenvalue weighted by molar-refractivity contribution is -0.132. The summed E-state index contributed by atoms with van der Waals surface area (Å²) in [6.45, 7) is 3.71. The number of H-pyrrole nitrogens is 1. The Kier molecular flexibility index (Phi) is 3.65. The third kappa shape index (κ3) is 2.71. The van der Waals surface area contributed by atoms with Gasteiger partial charge < -0.3 is 9.47 Å². The Morgan fingerprint density at radius 1 is 1.29 bits per heavy atom. The molecule has 1 aliphatic rings. The number of imidazole rings is 1. The first-order chi connectivity index (χ1) is 11.7. The molecule has 1 aliphatic heterocycles. The number of aromatic amines is 1. The Bertz CT molecular complexity index is 848. The summed E-state index contributed by atoms with van der Waals surface area (Å²) in [5.41, 5.74) is 5.52. The number of aryl methyl sites for hydroxylation is 1. The maximum absolute atomic E-state index is 12.5. The van der Waals surface area contributed by atoms with Crippen molar-refractivity contribution in [3.05, 3.63) is 59.8 Å². The third-order valence-corrected chi connectivity index (χ3v) is 4.49. The molecular formula is C18H19N5O. The van der Waals surface area contributed by atoms with E-state index in [9.17, 15) is 4.79 Å². The maximum atomic E-state index is 12.5. The molecule has 0 aliphatic carbocycles. The number of rotatable bonds is 3. The number of fused-ring (bicyclic) bond motifs is 1. The van der Waals surface area contributed by atoms with E-state index in [1.807, 2.05) is 11.1 Å². The fourth-order valence-electron chi connectivity index (χ4n) is 3.09. The molecule has 0 unspecified atom stereocenters. The molecule has 0 spiro atoms. The third-order valence-electron chi connectivity index (χ3n) is 4.49. The Hall–Kier alpha value is -2.89. The van der Waals surface area contributed by atoms with Crippen LogP contribution < -0.4 is 0 Å². The van der Waals surface area contributed by atoms with Crippen LogP contribution in [0.1, 0.15) is 16.8 Å². The fourth-order valence-corrected chi connectivity index (χ4v) is 3.09. The molecule has 0 radical (unpaired) electrons. The van der Waals surface area contributed by atoms with Crippen LogP contribution in [0.15, 0.2) is 43.0 Å². The van der Waals surface area contributed by atoms with Crippen LogP contribution in [0.2, 0.25) is 0 Å². The number of amides is 1. The van der Waals surface area contributed by atoms with Gasteiger partial charge in [0.05, 0.1) is 12.0 Å². The predicted octanol–water partition coefficient (Wildman–Crippen LogP) is 2.17. The summed E-state index contributed by atoms with van der Waals surface area (Å²) in [6, 6.07) is 8.33. The summed E-state index contributed by atoms with van der Waals surface area (Å²) in [5, 5.41) is 7.63. The molecule has 6 nitrogen and oxygen atoms in total. The van der Waals surface area contributed by atoms with Crippen LogP contribution in [-0.2, 0) is 24.3 Å². The van der Waals surface area contributed by atoms with Crippen LogP contribution in [0.25, 0.3) is 11.3 Å². The molecule has 4 rings (SSSR count). The van der Waals surface area contributed by atoms with Gasteiger partial charge in [0.1, 0.15) is 6.54 Å². The number of benzene rings is 1. The van der Waals surface area contributed by atoms with Crippen LogP contribution in [0.5, 0.6) is 0 Å². The molecule has 3 aromatic rings. The number of nitrogens with one attached hydrogen (secondary N) is 1. The minimum atomic E-state index is 0.106. The standard InChI is InChI=1S/C18H19N5O/c1-13-2-4-14(5-3-13)18-15-10-23(8-6-16(15)20-21-18)17(24)11-22-9-7-19-12-22/h2-5,7,9,12H,6,8,10-11H2,1H3,(H,20,21). The molecule has 1 aromatic carbocycles. The van der Waals surface area contributed by atoms with Crippen molar-refractivity contribution >= 4 is 5.91 Å². The van der Waals surface area contributed by atoms with Crippen molar-refractivity contribution in [3.8, 4) is 11.3 Å². The summed E-state index contributed by atoms with van der Waals surface area (Å²) < 4.78 is 1.80. The van der Waals surface area contributed by atoms with Gasteiger partial charge in [-0.15, -0.1) is 0 Å². The van der Waals surface area contributed by atoms with Crippen molar-refractivity contribution in [2.24, 2.45) is 0 Å². The monoisotopic (exact) mass is 321 g/mol. The molecule has 122 valence electrons. The summed E-state index contributed by atoms with van der Waals surface area (Å²) in [4.78, 5) is 18.4. The van der Waals surface area contributed by atoms with E-state index in [1.54, 1.807) is 17.1 Å². The second-order valence-electron chi connectivity index (χ2n) is 6.20. The summed E-state index contributed by atoms with van der Waals surface area (Å²) >= 11 is 0. The average molecular weight is 321 g/mol. The van der Waals surface area contributed by atoms with Crippen LogP contribution in [0.4, 0.5) is 0 Å². The van der Waals surface area contributed by atoms with E-state index in [0.29, 0.717) is 13.1 Å². The van der Waals surface area contributed by atoms with E-state index in [4.69, 9.17) is 0 Å². The number of carbonyl (C=O) groups is 1. The van der Waals surface area contributed by atoms with Gasteiger partial charge in [-0.3, -0.25) is 9.89 Å². The SMILES string of the molecule is Cc1ccc(-c2n[nH]c3c2CN(C(=O)Cn2ccnc2)CC3)cc1. The van der Waals surface area contributed by atoms with Gasteiger partial charge in [-0.2, -0.15) is 5.10 Å². The Balaban J connectivity index is 1.57. The average Bonchev–Trinajstić information content (AvgIpc) is 3.24. The number of hydrogen-bond donors (Lipinski definition) is 1. The molecule has 0 bridgehead atoms. The summed E-state index contributed by atoms with van der Waals surface area (Å²) in [7, 11) is 0. The van der Waals surface area contributed by atoms with Gasteiger partial charge >= 0.3 is 0 Å². The van der Waals surface area contributed by atoms with Gasteiger partial charge in [-0.25, -0.2) is 4.98 Å². The highest BCUT2D eigenvalue weighted by Crippen LogP contribution is 2.28. The zero-order valence-corrected chi connectivity index (χ0v) is 13.6.